The lowest BCUT2D eigenvalue weighted by Crippen LogP contribution is -2.64. The summed E-state index contributed by atoms with van der Waals surface area (Å²) >= 11 is 0. The number of benzene rings is 3. The van der Waals surface area contributed by atoms with Gasteiger partial charge in [-0.15, -0.1) is 0 Å². The van der Waals surface area contributed by atoms with Gasteiger partial charge in [-0.05, 0) is 47.5 Å². The topological polar surface area (TPSA) is 70.2 Å². The number of amides is 2. The number of piperazine rings is 1. The molecule has 0 bridgehead atoms. The molecular formula is C29H29N3O4. The van der Waals surface area contributed by atoms with E-state index in [1.165, 1.54) is 7.11 Å². The van der Waals surface area contributed by atoms with E-state index in [1.54, 1.807) is 12.1 Å². The summed E-state index contributed by atoms with van der Waals surface area (Å²) in [5, 5.41) is 0. The van der Waals surface area contributed by atoms with Crippen LogP contribution in [0.1, 0.15) is 31.1 Å². The van der Waals surface area contributed by atoms with Gasteiger partial charge in [0.05, 0.1) is 12.7 Å². The molecule has 7 heteroatoms. The first-order chi connectivity index (χ1) is 17.5. The highest BCUT2D eigenvalue weighted by Gasteiger charge is 2.37. The van der Waals surface area contributed by atoms with Crippen molar-refractivity contribution >= 4 is 17.8 Å². The van der Waals surface area contributed by atoms with Crippen molar-refractivity contribution in [3.63, 3.8) is 0 Å². The van der Waals surface area contributed by atoms with Crippen LogP contribution in [0, 0.1) is 0 Å². The summed E-state index contributed by atoms with van der Waals surface area (Å²) in [5.74, 6) is -0.238. The summed E-state index contributed by atoms with van der Waals surface area (Å²) in [4.78, 5) is 43.4. The van der Waals surface area contributed by atoms with E-state index in [1.807, 2.05) is 76.5 Å². The molecule has 2 saturated heterocycles. The van der Waals surface area contributed by atoms with Crippen molar-refractivity contribution in [2.75, 3.05) is 46.4 Å². The number of hydrogen-bond acceptors (Lipinski definition) is 5. The smallest absolute Gasteiger partial charge is 0.337 e. The molecule has 3 aromatic carbocycles. The summed E-state index contributed by atoms with van der Waals surface area (Å²) < 4.78 is 4.74. The van der Waals surface area contributed by atoms with Crippen molar-refractivity contribution in [2.45, 2.75) is 6.04 Å². The van der Waals surface area contributed by atoms with E-state index in [4.69, 9.17) is 4.74 Å². The number of ether oxygens (including phenoxy) is 1. The highest BCUT2D eigenvalue weighted by Crippen LogP contribution is 2.24. The molecule has 184 valence electrons. The van der Waals surface area contributed by atoms with E-state index in [0.29, 0.717) is 43.3 Å². The van der Waals surface area contributed by atoms with Crippen LogP contribution in [0.4, 0.5) is 0 Å². The van der Waals surface area contributed by atoms with Crippen LogP contribution >= 0.6 is 0 Å². The minimum absolute atomic E-state index is 0.0386. The SMILES string of the molecule is COC(=O)c1ccc(-c2ccc(C(=O)N3CC(N4CCN(C(=O)c5ccccc5)CC4)C3)cc2)cc1. The van der Waals surface area contributed by atoms with Gasteiger partial charge in [0.25, 0.3) is 11.8 Å². The predicted molar refractivity (Wildman–Crippen MR) is 137 cm³/mol. The molecule has 7 nitrogen and oxygen atoms in total. The first-order valence-corrected chi connectivity index (χ1v) is 12.2. The summed E-state index contributed by atoms with van der Waals surface area (Å²) in [7, 11) is 1.36. The molecule has 2 aliphatic heterocycles. The van der Waals surface area contributed by atoms with Gasteiger partial charge in [-0.2, -0.15) is 0 Å². The number of methoxy groups -OCH3 is 1. The molecule has 2 heterocycles. The quantitative estimate of drug-likeness (QED) is 0.520. The molecule has 2 fully saturated rings. The zero-order valence-electron chi connectivity index (χ0n) is 20.3. The van der Waals surface area contributed by atoms with Gasteiger partial charge in [-0.25, -0.2) is 4.79 Å². The van der Waals surface area contributed by atoms with Crippen LogP contribution < -0.4 is 0 Å². The third-order valence-electron chi connectivity index (χ3n) is 7.06. The van der Waals surface area contributed by atoms with Crippen LogP contribution in [0.15, 0.2) is 78.9 Å². The van der Waals surface area contributed by atoms with Crippen LogP contribution in [0.25, 0.3) is 11.1 Å². The van der Waals surface area contributed by atoms with Gasteiger partial charge < -0.3 is 14.5 Å². The van der Waals surface area contributed by atoms with Gasteiger partial charge in [-0.1, -0.05) is 42.5 Å². The normalized spacial score (nSPS) is 16.4. The fourth-order valence-electron chi connectivity index (χ4n) is 4.81. The first-order valence-electron chi connectivity index (χ1n) is 12.2. The number of likely N-dealkylation sites (tertiary alicyclic amines) is 1. The molecule has 2 aliphatic rings. The van der Waals surface area contributed by atoms with Crippen molar-refractivity contribution in [1.82, 2.24) is 14.7 Å². The molecule has 0 unspecified atom stereocenters. The second-order valence-corrected chi connectivity index (χ2v) is 9.20. The van der Waals surface area contributed by atoms with E-state index in [0.717, 1.165) is 29.8 Å². The molecule has 36 heavy (non-hydrogen) atoms. The van der Waals surface area contributed by atoms with E-state index < -0.39 is 0 Å². The van der Waals surface area contributed by atoms with Crippen molar-refractivity contribution in [2.24, 2.45) is 0 Å². The van der Waals surface area contributed by atoms with Crippen LogP contribution in [-0.2, 0) is 4.74 Å². The number of hydrogen-bond donors (Lipinski definition) is 0. The maximum Gasteiger partial charge on any atom is 0.337 e. The number of nitrogens with zero attached hydrogens (tertiary/aromatic N) is 3. The predicted octanol–water partition coefficient (Wildman–Crippen LogP) is 3.42. The second kappa shape index (κ2) is 10.3. The van der Waals surface area contributed by atoms with Gasteiger partial charge in [0.2, 0.25) is 0 Å². The molecule has 3 aromatic rings. The van der Waals surface area contributed by atoms with Crippen molar-refractivity contribution < 1.29 is 19.1 Å². The van der Waals surface area contributed by atoms with E-state index in [9.17, 15) is 14.4 Å². The summed E-state index contributed by atoms with van der Waals surface area (Å²) in [6.07, 6.45) is 0. The van der Waals surface area contributed by atoms with Gasteiger partial charge in [-0.3, -0.25) is 14.5 Å². The van der Waals surface area contributed by atoms with E-state index in [2.05, 4.69) is 4.90 Å². The molecule has 2 amide bonds. The lowest BCUT2D eigenvalue weighted by molar-refractivity contribution is 0.00853. The molecule has 0 atom stereocenters. The average molecular weight is 484 g/mol. The Morgan fingerprint density at radius 1 is 0.639 bits per heavy atom. The van der Waals surface area contributed by atoms with E-state index in [-0.39, 0.29) is 17.8 Å². The standard InChI is InChI=1S/C29H29N3O4/c1-36-29(35)25-13-9-22(10-14-25)21-7-11-24(12-8-21)28(34)32-19-26(20-32)30-15-17-31(18-16-30)27(33)23-5-3-2-4-6-23/h2-14,26H,15-20H2,1H3. The monoisotopic (exact) mass is 483 g/mol. The molecular weight excluding hydrogens is 454 g/mol. The number of carbonyl (C=O) groups is 3. The average Bonchev–Trinajstić information content (AvgIpc) is 2.92. The lowest BCUT2D eigenvalue weighted by Gasteiger charge is -2.48. The Morgan fingerprint density at radius 2 is 1.14 bits per heavy atom. The maximum absolute atomic E-state index is 13.0. The van der Waals surface area contributed by atoms with Crippen molar-refractivity contribution in [1.29, 1.82) is 0 Å². The molecule has 0 aromatic heterocycles. The Morgan fingerprint density at radius 3 is 1.69 bits per heavy atom. The second-order valence-electron chi connectivity index (χ2n) is 9.20. The highest BCUT2D eigenvalue weighted by atomic mass is 16.5. The van der Waals surface area contributed by atoms with Crippen LogP contribution in [0.5, 0.6) is 0 Å². The van der Waals surface area contributed by atoms with Crippen LogP contribution in [-0.4, -0.2) is 84.9 Å². The fraction of sp³-hybridized carbons (Fsp3) is 0.276. The van der Waals surface area contributed by atoms with E-state index >= 15 is 0 Å². The van der Waals surface area contributed by atoms with Gasteiger partial charge in [0.1, 0.15) is 0 Å². The highest BCUT2D eigenvalue weighted by molar-refractivity contribution is 5.96. The molecule has 0 saturated carbocycles. The largest absolute Gasteiger partial charge is 0.465 e. The van der Waals surface area contributed by atoms with Gasteiger partial charge >= 0.3 is 5.97 Å². The molecule has 0 aliphatic carbocycles. The molecule has 5 rings (SSSR count). The Kier molecular flexibility index (Phi) is 6.82. The van der Waals surface area contributed by atoms with Crippen molar-refractivity contribution in [3.05, 3.63) is 95.6 Å². The Labute approximate surface area is 210 Å². The summed E-state index contributed by atoms with van der Waals surface area (Å²) in [5.41, 5.74) is 3.85. The van der Waals surface area contributed by atoms with Crippen LogP contribution in [0.3, 0.4) is 0 Å². The Balaban J connectivity index is 1.11. The third kappa shape index (κ3) is 4.88. The van der Waals surface area contributed by atoms with Gasteiger partial charge in [0, 0.05) is 56.4 Å². The molecule has 0 spiro atoms. The molecule has 0 N–H and O–H groups in total. The summed E-state index contributed by atoms with van der Waals surface area (Å²) in [6, 6.07) is 24.5. The number of rotatable bonds is 5. The zero-order chi connectivity index (χ0) is 25.1. The minimum Gasteiger partial charge on any atom is -0.465 e. The number of esters is 1. The van der Waals surface area contributed by atoms with Gasteiger partial charge in [0.15, 0.2) is 0 Å². The number of carbonyl (C=O) groups excluding carboxylic acids is 3. The molecule has 0 radical (unpaired) electrons. The maximum atomic E-state index is 13.0. The zero-order valence-corrected chi connectivity index (χ0v) is 20.3. The lowest BCUT2D eigenvalue weighted by atomic mass is 10.0. The first kappa shape index (κ1) is 23.8. The third-order valence-corrected chi connectivity index (χ3v) is 7.06. The Hall–Kier alpha value is -3.97. The van der Waals surface area contributed by atoms with Crippen LogP contribution in [0.2, 0.25) is 0 Å². The summed E-state index contributed by atoms with van der Waals surface area (Å²) in [6.45, 7) is 4.49. The fourth-order valence-corrected chi connectivity index (χ4v) is 4.81. The Bertz CT molecular complexity index is 1230. The minimum atomic E-state index is -0.363. The van der Waals surface area contributed by atoms with Crippen molar-refractivity contribution in [3.8, 4) is 11.1 Å².